The van der Waals surface area contributed by atoms with Crippen LogP contribution >= 0.6 is 8.45 Å². The van der Waals surface area contributed by atoms with Gasteiger partial charge in [0.2, 0.25) is 0 Å². The first-order valence-corrected chi connectivity index (χ1v) is 8.93. The summed E-state index contributed by atoms with van der Waals surface area (Å²) in [6, 6.07) is 0. The molecule has 0 aromatic heterocycles. The number of hydrogen-bond acceptors (Lipinski definition) is 7. The van der Waals surface area contributed by atoms with Gasteiger partial charge in [-0.2, -0.15) is 0 Å². The van der Waals surface area contributed by atoms with Crippen LogP contribution in [0, 0.1) is 0 Å². The largest absolute Gasteiger partial charge is 0.382 e. The third-order valence-electron chi connectivity index (χ3n) is 4.32. The first-order chi connectivity index (χ1) is 10.6. The third kappa shape index (κ3) is 3.32. The summed E-state index contributed by atoms with van der Waals surface area (Å²) in [5.74, 6) is 0. The predicted molar refractivity (Wildman–Crippen MR) is 84.6 cm³/mol. The molecule has 0 spiro atoms. The molecule has 2 aliphatic rings. The summed E-state index contributed by atoms with van der Waals surface area (Å²) in [5.41, 5.74) is 0. The Balaban J connectivity index is 2.11. The maximum atomic E-state index is 6.32. The molecule has 0 N–H and O–H groups in total. The number of hydrogen-bond donors (Lipinski definition) is 0. The molecule has 2 heterocycles. The van der Waals surface area contributed by atoms with Gasteiger partial charge in [0.1, 0.15) is 30.6 Å². The molecule has 2 fully saturated rings. The van der Waals surface area contributed by atoms with Crippen molar-refractivity contribution >= 4 is 8.45 Å². The van der Waals surface area contributed by atoms with Crippen molar-refractivity contribution in [1.29, 1.82) is 0 Å². The molecule has 2 saturated heterocycles. The standard InChI is InChI=1S/C14H29N2O5P/c1-7-16(8-2)22-15(3)14-13(21-22)12(19-6)11(20-14)10(18-5)9-17-4/h10-14H,7-9H2,1-6H3/t10?,11-,12+,13?,14?,22?/m1/s1. The first-order valence-electron chi connectivity index (χ1n) is 7.77. The minimum atomic E-state index is -0.796. The van der Waals surface area contributed by atoms with Crippen molar-refractivity contribution in [3.8, 4) is 0 Å². The molecule has 4 unspecified atom stereocenters. The van der Waals surface area contributed by atoms with Crippen molar-refractivity contribution in [1.82, 2.24) is 9.34 Å². The zero-order chi connectivity index (χ0) is 16.3. The Morgan fingerprint density at radius 1 is 1.23 bits per heavy atom. The number of fused-ring (bicyclic) bond motifs is 1. The molecular weight excluding hydrogens is 307 g/mol. The summed E-state index contributed by atoms with van der Waals surface area (Å²) in [4.78, 5) is 0. The quantitative estimate of drug-likeness (QED) is 0.619. The summed E-state index contributed by atoms with van der Waals surface area (Å²) in [6.07, 6.45) is -0.716. The second kappa shape index (κ2) is 8.31. The molecule has 7 nitrogen and oxygen atoms in total. The van der Waals surface area contributed by atoms with Crippen LogP contribution in [0.2, 0.25) is 0 Å². The number of ether oxygens (including phenoxy) is 4. The Kier molecular flexibility index (Phi) is 6.98. The van der Waals surface area contributed by atoms with Crippen LogP contribution in [-0.2, 0) is 23.5 Å². The highest BCUT2D eigenvalue weighted by Gasteiger charge is 2.57. The van der Waals surface area contributed by atoms with Gasteiger partial charge >= 0.3 is 0 Å². The van der Waals surface area contributed by atoms with Gasteiger partial charge in [0.25, 0.3) is 0 Å². The SMILES string of the molecule is CCN(CC)P1OC2C(O[C@H](C(COC)OC)[C@@H]2OC)N1C. The molecule has 0 aliphatic carbocycles. The molecule has 0 bridgehead atoms. The van der Waals surface area contributed by atoms with Crippen LogP contribution in [0.25, 0.3) is 0 Å². The van der Waals surface area contributed by atoms with Crippen molar-refractivity contribution in [2.75, 3.05) is 48.1 Å². The maximum Gasteiger partial charge on any atom is 0.190 e. The fraction of sp³-hybridized carbons (Fsp3) is 1.00. The van der Waals surface area contributed by atoms with Gasteiger partial charge < -0.3 is 23.5 Å². The zero-order valence-electron chi connectivity index (χ0n) is 14.4. The summed E-state index contributed by atoms with van der Waals surface area (Å²) in [7, 11) is 6.29. The second-order valence-corrected chi connectivity index (χ2v) is 7.37. The molecule has 0 saturated carbocycles. The lowest BCUT2D eigenvalue weighted by atomic mass is 10.1. The number of methoxy groups -OCH3 is 3. The van der Waals surface area contributed by atoms with E-state index in [2.05, 4.69) is 30.2 Å². The van der Waals surface area contributed by atoms with Gasteiger partial charge in [-0.05, 0) is 7.05 Å². The van der Waals surface area contributed by atoms with Crippen molar-refractivity contribution in [2.45, 2.75) is 44.5 Å². The van der Waals surface area contributed by atoms with Crippen molar-refractivity contribution < 1.29 is 23.5 Å². The predicted octanol–water partition coefficient (Wildman–Crippen LogP) is 1.29. The van der Waals surface area contributed by atoms with E-state index in [-0.39, 0.29) is 30.6 Å². The van der Waals surface area contributed by atoms with Crippen LogP contribution in [0.4, 0.5) is 0 Å². The molecule has 2 aliphatic heterocycles. The van der Waals surface area contributed by atoms with Crippen LogP contribution in [0.1, 0.15) is 13.8 Å². The van der Waals surface area contributed by atoms with Gasteiger partial charge in [-0.15, -0.1) is 0 Å². The average Bonchev–Trinajstić information content (AvgIpc) is 3.04. The number of likely N-dealkylation sites (N-methyl/N-ethyl adjacent to an activating group) is 1. The molecule has 0 radical (unpaired) electrons. The van der Waals surface area contributed by atoms with E-state index in [9.17, 15) is 0 Å². The molecule has 8 heteroatoms. The number of nitrogens with zero attached hydrogens (tertiary/aromatic N) is 2. The fourth-order valence-corrected chi connectivity index (χ4v) is 5.11. The highest BCUT2D eigenvalue weighted by atomic mass is 31.2. The number of rotatable bonds is 8. The Morgan fingerprint density at radius 2 is 1.91 bits per heavy atom. The molecule has 6 atom stereocenters. The minimum Gasteiger partial charge on any atom is -0.382 e. The van der Waals surface area contributed by atoms with Crippen LogP contribution in [-0.4, -0.2) is 88.1 Å². The molecule has 0 aromatic carbocycles. The topological polar surface area (TPSA) is 52.6 Å². The Labute approximate surface area is 134 Å². The monoisotopic (exact) mass is 336 g/mol. The molecule has 130 valence electrons. The first kappa shape index (κ1) is 18.5. The molecule has 2 rings (SSSR count). The highest BCUT2D eigenvalue weighted by Crippen LogP contribution is 2.56. The Bertz CT molecular complexity index is 347. The van der Waals surface area contributed by atoms with Gasteiger partial charge in [0.15, 0.2) is 8.45 Å². The molecule has 0 amide bonds. The van der Waals surface area contributed by atoms with Gasteiger partial charge in [0.05, 0.1) is 6.61 Å². The van der Waals surface area contributed by atoms with Crippen molar-refractivity contribution in [3.63, 3.8) is 0 Å². The van der Waals surface area contributed by atoms with E-state index in [0.717, 1.165) is 13.1 Å². The summed E-state index contributed by atoms with van der Waals surface area (Å²) in [6.45, 7) is 6.67. The van der Waals surface area contributed by atoms with Crippen LogP contribution in [0.5, 0.6) is 0 Å². The molecular formula is C14H29N2O5P. The van der Waals surface area contributed by atoms with E-state index >= 15 is 0 Å². The fourth-order valence-electron chi connectivity index (χ4n) is 3.12. The summed E-state index contributed by atoms with van der Waals surface area (Å²) in [5, 5.41) is 0. The zero-order valence-corrected chi connectivity index (χ0v) is 15.3. The van der Waals surface area contributed by atoms with E-state index in [4.69, 9.17) is 23.5 Å². The smallest absolute Gasteiger partial charge is 0.190 e. The van der Waals surface area contributed by atoms with Gasteiger partial charge in [0, 0.05) is 34.4 Å². The van der Waals surface area contributed by atoms with Crippen molar-refractivity contribution in [3.05, 3.63) is 0 Å². The molecule has 0 aromatic rings. The van der Waals surface area contributed by atoms with Gasteiger partial charge in [-0.25, -0.2) is 9.34 Å². The van der Waals surface area contributed by atoms with Gasteiger partial charge in [-0.1, -0.05) is 13.8 Å². The van der Waals surface area contributed by atoms with E-state index in [1.165, 1.54) is 0 Å². The molecule has 22 heavy (non-hydrogen) atoms. The normalized spacial score (nSPS) is 37.0. The Hall–Kier alpha value is 0.150. The van der Waals surface area contributed by atoms with E-state index < -0.39 is 8.45 Å². The van der Waals surface area contributed by atoms with E-state index in [0.29, 0.717) is 6.61 Å². The minimum absolute atomic E-state index is 0.0961. The maximum absolute atomic E-state index is 6.32. The van der Waals surface area contributed by atoms with Crippen LogP contribution < -0.4 is 0 Å². The second-order valence-electron chi connectivity index (χ2n) is 5.46. The van der Waals surface area contributed by atoms with E-state index in [1.54, 1.807) is 21.3 Å². The Morgan fingerprint density at radius 3 is 2.41 bits per heavy atom. The summed E-state index contributed by atoms with van der Waals surface area (Å²) < 4.78 is 33.5. The average molecular weight is 336 g/mol. The van der Waals surface area contributed by atoms with E-state index in [1.807, 2.05) is 0 Å². The highest BCUT2D eigenvalue weighted by molar-refractivity contribution is 7.47. The lowest BCUT2D eigenvalue weighted by molar-refractivity contribution is -0.120. The van der Waals surface area contributed by atoms with Crippen molar-refractivity contribution in [2.24, 2.45) is 0 Å². The van der Waals surface area contributed by atoms with Crippen LogP contribution in [0.3, 0.4) is 0 Å². The summed E-state index contributed by atoms with van der Waals surface area (Å²) >= 11 is 0. The van der Waals surface area contributed by atoms with Gasteiger partial charge in [-0.3, -0.25) is 0 Å². The van der Waals surface area contributed by atoms with Crippen LogP contribution in [0.15, 0.2) is 0 Å². The lowest BCUT2D eigenvalue weighted by Crippen LogP contribution is -2.43. The third-order valence-corrected chi connectivity index (χ3v) is 6.57. The lowest BCUT2D eigenvalue weighted by Gasteiger charge is -2.33.